The molecule has 0 radical (unpaired) electrons. The molecule has 0 bridgehead atoms. The summed E-state index contributed by atoms with van der Waals surface area (Å²) >= 11 is 0. The molecule has 0 aliphatic heterocycles. The van der Waals surface area contributed by atoms with Gasteiger partial charge in [-0.1, -0.05) is 70.1 Å². The van der Waals surface area contributed by atoms with Crippen molar-refractivity contribution in [1.29, 1.82) is 0 Å². The van der Waals surface area contributed by atoms with Crippen molar-refractivity contribution in [3.63, 3.8) is 0 Å². The number of allylic oxidation sites excluding steroid dienone is 3. The van der Waals surface area contributed by atoms with Crippen LogP contribution in [0, 0.1) is 0 Å². The molecule has 0 aromatic rings. The summed E-state index contributed by atoms with van der Waals surface area (Å²) in [6.07, 6.45) is 18.8. The van der Waals surface area contributed by atoms with Gasteiger partial charge in [0, 0.05) is 6.08 Å². The standard InChI is InChI=1S/C18H32O3/c1-2-3-11-14-17(19)15-12-9-7-5-4-6-8-10-13-16-18(20)21/h8,10,13,16-17,19H,2-7,9,11-12,14-15H2,1H3,(H,20,21)/b10-8+,16-13+. The van der Waals surface area contributed by atoms with Gasteiger partial charge in [-0.05, 0) is 25.7 Å². The number of unbranched alkanes of at least 4 members (excludes halogenated alkanes) is 7. The minimum absolute atomic E-state index is 0.0968. The van der Waals surface area contributed by atoms with E-state index in [9.17, 15) is 9.90 Å². The normalized spacial score (nSPS) is 13.2. The molecule has 2 N–H and O–H groups in total. The van der Waals surface area contributed by atoms with Crippen LogP contribution in [0.1, 0.15) is 77.6 Å². The average molecular weight is 296 g/mol. The van der Waals surface area contributed by atoms with Crippen LogP contribution in [0.15, 0.2) is 24.3 Å². The monoisotopic (exact) mass is 296 g/mol. The number of carbonyl (C=O) groups is 1. The summed E-state index contributed by atoms with van der Waals surface area (Å²) in [5, 5.41) is 18.2. The lowest BCUT2D eigenvalue weighted by Crippen LogP contribution is -2.05. The minimum Gasteiger partial charge on any atom is -0.478 e. The number of aliphatic hydroxyl groups is 1. The largest absolute Gasteiger partial charge is 0.478 e. The van der Waals surface area contributed by atoms with Crippen molar-refractivity contribution in [3.8, 4) is 0 Å². The molecule has 0 rings (SSSR count). The molecule has 0 heterocycles. The first-order valence-corrected chi connectivity index (χ1v) is 8.41. The second kappa shape index (κ2) is 15.3. The van der Waals surface area contributed by atoms with Crippen molar-refractivity contribution in [2.75, 3.05) is 0 Å². The van der Waals surface area contributed by atoms with Gasteiger partial charge in [-0.3, -0.25) is 0 Å². The van der Waals surface area contributed by atoms with E-state index in [1.165, 1.54) is 32.1 Å². The molecule has 0 saturated carbocycles. The van der Waals surface area contributed by atoms with Crippen molar-refractivity contribution >= 4 is 5.97 Å². The Balaban J connectivity index is 3.27. The maximum atomic E-state index is 10.2. The van der Waals surface area contributed by atoms with Crippen LogP contribution in [-0.4, -0.2) is 22.3 Å². The van der Waals surface area contributed by atoms with Crippen molar-refractivity contribution in [1.82, 2.24) is 0 Å². The number of carboxylic acid groups (broad SMARTS) is 1. The average Bonchev–Trinajstić information content (AvgIpc) is 2.44. The molecule has 0 aromatic heterocycles. The summed E-state index contributed by atoms with van der Waals surface area (Å²) in [7, 11) is 0. The van der Waals surface area contributed by atoms with Crippen LogP contribution in [0.3, 0.4) is 0 Å². The van der Waals surface area contributed by atoms with Crippen LogP contribution in [-0.2, 0) is 4.79 Å². The Hall–Kier alpha value is -1.09. The highest BCUT2D eigenvalue weighted by Gasteiger charge is 2.02. The summed E-state index contributed by atoms with van der Waals surface area (Å²) in [6, 6.07) is 0. The minimum atomic E-state index is -0.906. The zero-order chi connectivity index (χ0) is 15.8. The number of carboxylic acids is 1. The van der Waals surface area contributed by atoms with Crippen LogP contribution >= 0.6 is 0 Å². The highest BCUT2D eigenvalue weighted by atomic mass is 16.4. The second-order valence-electron chi connectivity index (χ2n) is 5.62. The van der Waals surface area contributed by atoms with Gasteiger partial charge in [0.05, 0.1) is 6.10 Å². The van der Waals surface area contributed by atoms with E-state index in [1.807, 2.05) is 6.08 Å². The number of hydrogen-bond acceptors (Lipinski definition) is 2. The fourth-order valence-corrected chi connectivity index (χ4v) is 2.26. The van der Waals surface area contributed by atoms with Gasteiger partial charge in [-0.25, -0.2) is 4.79 Å². The van der Waals surface area contributed by atoms with E-state index in [4.69, 9.17) is 5.11 Å². The molecule has 0 spiro atoms. The zero-order valence-electron chi connectivity index (χ0n) is 13.5. The van der Waals surface area contributed by atoms with Crippen LogP contribution in [0.2, 0.25) is 0 Å². The lowest BCUT2D eigenvalue weighted by molar-refractivity contribution is -0.131. The van der Waals surface area contributed by atoms with E-state index in [2.05, 4.69) is 6.92 Å². The molecular formula is C18H32O3. The molecule has 0 aliphatic carbocycles. The lowest BCUT2D eigenvalue weighted by atomic mass is 10.0. The molecule has 0 saturated heterocycles. The van der Waals surface area contributed by atoms with Crippen molar-refractivity contribution in [2.45, 2.75) is 83.7 Å². The Morgan fingerprint density at radius 1 is 0.952 bits per heavy atom. The Morgan fingerprint density at radius 3 is 2.24 bits per heavy atom. The molecule has 0 amide bonds. The first-order valence-electron chi connectivity index (χ1n) is 8.41. The zero-order valence-corrected chi connectivity index (χ0v) is 13.5. The molecule has 0 aromatic carbocycles. The second-order valence-corrected chi connectivity index (χ2v) is 5.62. The molecule has 1 unspecified atom stereocenters. The van der Waals surface area contributed by atoms with Gasteiger partial charge in [0.25, 0.3) is 0 Å². The van der Waals surface area contributed by atoms with E-state index in [0.29, 0.717) is 0 Å². The third kappa shape index (κ3) is 16.9. The van der Waals surface area contributed by atoms with Crippen molar-refractivity contribution in [3.05, 3.63) is 24.3 Å². The third-order valence-electron chi connectivity index (χ3n) is 3.54. The Bertz CT molecular complexity index is 295. The van der Waals surface area contributed by atoms with Crippen LogP contribution < -0.4 is 0 Å². The summed E-state index contributed by atoms with van der Waals surface area (Å²) in [5.41, 5.74) is 0. The predicted octanol–water partition coefficient (Wildman–Crippen LogP) is 4.86. The fraction of sp³-hybridized carbons (Fsp3) is 0.722. The lowest BCUT2D eigenvalue weighted by Gasteiger charge is -2.09. The van der Waals surface area contributed by atoms with E-state index in [1.54, 1.807) is 12.2 Å². The molecule has 0 fully saturated rings. The Kier molecular flexibility index (Phi) is 14.5. The van der Waals surface area contributed by atoms with E-state index in [-0.39, 0.29) is 6.10 Å². The Morgan fingerprint density at radius 2 is 1.57 bits per heavy atom. The highest BCUT2D eigenvalue weighted by molar-refractivity contribution is 5.80. The Labute approximate surface area is 129 Å². The van der Waals surface area contributed by atoms with Gasteiger partial charge in [0.2, 0.25) is 0 Å². The predicted molar refractivity (Wildman–Crippen MR) is 88.4 cm³/mol. The molecule has 3 nitrogen and oxygen atoms in total. The first kappa shape index (κ1) is 19.9. The molecule has 122 valence electrons. The van der Waals surface area contributed by atoms with E-state index < -0.39 is 5.97 Å². The summed E-state index contributed by atoms with van der Waals surface area (Å²) in [4.78, 5) is 10.2. The van der Waals surface area contributed by atoms with Crippen LogP contribution in [0.5, 0.6) is 0 Å². The molecule has 21 heavy (non-hydrogen) atoms. The first-order chi connectivity index (χ1) is 10.2. The van der Waals surface area contributed by atoms with Gasteiger partial charge >= 0.3 is 5.97 Å². The van der Waals surface area contributed by atoms with Gasteiger partial charge in [-0.15, -0.1) is 0 Å². The highest BCUT2D eigenvalue weighted by Crippen LogP contribution is 2.12. The quantitative estimate of drug-likeness (QED) is 0.273. The summed E-state index contributed by atoms with van der Waals surface area (Å²) in [6.45, 7) is 2.18. The number of aliphatic carboxylic acids is 1. The van der Waals surface area contributed by atoms with Gasteiger partial charge in [0.1, 0.15) is 0 Å². The molecule has 1 atom stereocenters. The fourth-order valence-electron chi connectivity index (χ4n) is 2.26. The topological polar surface area (TPSA) is 57.5 Å². The van der Waals surface area contributed by atoms with E-state index >= 15 is 0 Å². The SMILES string of the molecule is CCCCCC(O)CCCCCCC/C=C/C=C/C(=O)O. The van der Waals surface area contributed by atoms with E-state index in [0.717, 1.165) is 44.6 Å². The van der Waals surface area contributed by atoms with Gasteiger partial charge in [-0.2, -0.15) is 0 Å². The van der Waals surface area contributed by atoms with Crippen molar-refractivity contribution in [2.24, 2.45) is 0 Å². The van der Waals surface area contributed by atoms with Crippen LogP contribution in [0.4, 0.5) is 0 Å². The maximum Gasteiger partial charge on any atom is 0.328 e. The van der Waals surface area contributed by atoms with Crippen molar-refractivity contribution < 1.29 is 15.0 Å². The number of aliphatic hydroxyl groups excluding tert-OH is 1. The maximum absolute atomic E-state index is 10.2. The number of rotatable bonds is 14. The summed E-state index contributed by atoms with van der Waals surface area (Å²) in [5.74, 6) is -0.906. The number of hydrogen-bond donors (Lipinski definition) is 2. The molecular weight excluding hydrogens is 264 g/mol. The van der Waals surface area contributed by atoms with Gasteiger partial charge in [0.15, 0.2) is 0 Å². The van der Waals surface area contributed by atoms with Crippen LogP contribution in [0.25, 0.3) is 0 Å². The molecule has 0 aliphatic rings. The van der Waals surface area contributed by atoms with Gasteiger partial charge < -0.3 is 10.2 Å². The molecule has 3 heteroatoms. The smallest absolute Gasteiger partial charge is 0.328 e. The third-order valence-corrected chi connectivity index (χ3v) is 3.54. The summed E-state index contributed by atoms with van der Waals surface area (Å²) < 4.78 is 0.